The average Bonchev–Trinajstić information content (AvgIpc) is 3.21. The second kappa shape index (κ2) is 5.08. The number of nitrogens with zero attached hydrogens (tertiary/aromatic N) is 4. The van der Waals surface area contributed by atoms with Gasteiger partial charge in [0.1, 0.15) is 11.2 Å². The Balaban J connectivity index is 1.60. The van der Waals surface area contributed by atoms with Gasteiger partial charge in [-0.1, -0.05) is 20.8 Å². The molecule has 1 unspecified atom stereocenters. The van der Waals surface area contributed by atoms with Gasteiger partial charge in [0.25, 0.3) is 0 Å². The number of carbonyl (C=O) groups is 1. The van der Waals surface area contributed by atoms with Crippen LogP contribution in [0.2, 0.25) is 0 Å². The fourth-order valence-corrected chi connectivity index (χ4v) is 4.62. The van der Waals surface area contributed by atoms with Gasteiger partial charge in [0, 0.05) is 30.9 Å². The Kier molecular flexibility index (Phi) is 3.32. The highest BCUT2D eigenvalue weighted by Crippen LogP contribution is 2.54. The van der Waals surface area contributed by atoms with Gasteiger partial charge < -0.3 is 9.47 Å². The summed E-state index contributed by atoms with van der Waals surface area (Å²) in [5.74, 6) is 2.25. The summed E-state index contributed by atoms with van der Waals surface area (Å²) in [5.41, 5.74) is -0.781. The lowest BCUT2D eigenvalue weighted by Crippen LogP contribution is -2.63. The first kappa shape index (κ1) is 15.7. The number of imidazole rings is 1. The van der Waals surface area contributed by atoms with Crippen molar-refractivity contribution in [2.75, 3.05) is 6.54 Å². The number of amides is 1. The number of hydrogen-bond donors (Lipinski definition) is 0. The van der Waals surface area contributed by atoms with E-state index >= 15 is 0 Å². The molecule has 0 spiro atoms. The van der Waals surface area contributed by atoms with Gasteiger partial charge in [-0.05, 0) is 37.5 Å². The van der Waals surface area contributed by atoms with Crippen LogP contribution in [-0.4, -0.2) is 26.9 Å². The second-order valence-corrected chi connectivity index (χ2v) is 8.91. The van der Waals surface area contributed by atoms with Crippen LogP contribution in [0, 0.1) is 34.0 Å². The normalized spacial score (nSPS) is 34.2. The van der Waals surface area contributed by atoms with Crippen molar-refractivity contribution in [1.29, 1.82) is 5.26 Å². The highest BCUT2D eigenvalue weighted by Gasteiger charge is 2.58. The first-order valence-electron chi connectivity index (χ1n) is 9.10. The molecule has 128 valence electrons. The Hall–Kier alpha value is -1.83. The van der Waals surface area contributed by atoms with Crippen LogP contribution in [0.4, 0.5) is 0 Å². The Morgan fingerprint density at radius 3 is 2.67 bits per heavy atom. The molecular weight excluding hydrogens is 300 g/mol. The largest absolute Gasteiger partial charge is 0.333 e. The van der Waals surface area contributed by atoms with Crippen molar-refractivity contribution in [3.8, 4) is 6.07 Å². The van der Waals surface area contributed by atoms with Crippen LogP contribution >= 0.6 is 0 Å². The molecule has 24 heavy (non-hydrogen) atoms. The summed E-state index contributed by atoms with van der Waals surface area (Å²) in [7, 11) is 0. The van der Waals surface area contributed by atoms with Crippen LogP contribution in [0.25, 0.3) is 0 Å². The molecule has 4 rings (SSSR count). The zero-order valence-electron chi connectivity index (χ0n) is 14.8. The molecule has 5 heteroatoms. The summed E-state index contributed by atoms with van der Waals surface area (Å²) in [6.45, 7) is 8.22. The minimum atomic E-state index is -0.790. The van der Waals surface area contributed by atoms with Gasteiger partial charge in [0.15, 0.2) is 0 Å². The van der Waals surface area contributed by atoms with Gasteiger partial charge in [-0.3, -0.25) is 4.79 Å². The van der Waals surface area contributed by atoms with Crippen LogP contribution in [0.3, 0.4) is 0 Å². The predicted octanol–water partition coefficient (Wildman–Crippen LogP) is 3.14. The number of aromatic nitrogens is 2. The molecule has 0 bridgehead atoms. The summed E-state index contributed by atoms with van der Waals surface area (Å²) >= 11 is 0. The minimum absolute atomic E-state index is 0.00826. The number of likely N-dealkylation sites (tertiary alicyclic amines) is 1. The molecule has 2 aliphatic carbocycles. The summed E-state index contributed by atoms with van der Waals surface area (Å²) in [6, 6.07) is 2.31. The fourth-order valence-electron chi connectivity index (χ4n) is 4.62. The summed E-state index contributed by atoms with van der Waals surface area (Å²) < 4.78 is 2.23. The van der Waals surface area contributed by atoms with E-state index < -0.39 is 5.41 Å². The van der Waals surface area contributed by atoms with Crippen LogP contribution in [0.1, 0.15) is 58.3 Å². The van der Waals surface area contributed by atoms with E-state index in [0.29, 0.717) is 25.3 Å². The quantitative estimate of drug-likeness (QED) is 0.854. The highest BCUT2D eigenvalue weighted by atomic mass is 16.2. The first-order chi connectivity index (χ1) is 11.4. The summed E-state index contributed by atoms with van der Waals surface area (Å²) in [6.07, 6.45) is 7.87. The molecule has 1 amide bonds. The van der Waals surface area contributed by atoms with E-state index in [2.05, 4.69) is 36.4 Å². The maximum Gasteiger partial charge on any atom is 0.243 e. The molecule has 1 atom stereocenters. The third-order valence-corrected chi connectivity index (χ3v) is 6.05. The highest BCUT2D eigenvalue weighted by molar-refractivity contribution is 5.87. The van der Waals surface area contributed by atoms with E-state index in [4.69, 9.17) is 0 Å². The zero-order valence-corrected chi connectivity index (χ0v) is 14.8. The van der Waals surface area contributed by atoms with Crippen molar-refractivity contribution in [1.82, 2.24) is 14.5 Å². The van der Waals surface area contributed by atoms with Gasteiger partial charge >= 0.3 is 0 Å². The average molecular weight is 326 g/mol. The van der Waals surface area contributed by atoms with Crippen LogP contribution < -0.4 is 0 Å². The maximum absolute atomic E-state index is 13.1. The fraction of sp³-hybridized carbons (Fsp3) is 0.737. The number of nitriles is 1. The molecule has 0 radical (unpaired) electrons. The lowest BCUT2D eigenvalue weighted by atomic mass is 9.61. The summed E-state index contributed by atoms with van der Waals surface area (Å²) in [4.78, 5) is 19.6. The molecule has 0 N–H and O–H groups in total. The molecule has 1 aromatic heterocycles. The second-order valence-electron chi connectivity index (χ2n) is 8.91. The van der Waals surface area contributed by atoms with Crippen LogP contribution in [0.15, 0.2) is 12.4 Å². The van der Waals surface area contributed by atoms with Gasteiger partial charge in [0.2, 0.25) is 5.91 Å². The van der Waals surface area contributed by atoms with E-state index in [9.17, 15) is 10.1 Å². The summed E-state index contributed by atoms with van der Waals surface area (Å²) in [5, 5.41) is 9.60. The van der Waals surface area contributed by atoms with Gasteiger partial charge in [0.05, 0.1) is 12.1 Å². The van der Waals surface area contributed by atoms with E-state index in [-0.39, 0.29) is 17.4 Å². The van der Waals surface area contributed by atoms with Gasteiger partial charge in [-0.15, -0.1) is 0 Å². The molecule has 1 saturated heterocycles. The van der Waals surface area contributed by atoms with Crippen molar-refractivity contribution >= 4 is 5.91 Å². The van der Waals surface area contributed by atoms with Crippen molar-refractivity contribution in [3.05, 3.63) is 18.2 Å². The predicted molar refractivity (Wildman–Crippen MR) is 89.6 cm³/mol. The Morgan fingerprint density at radius 2 is 2.12 bits per heavy atom. The molecule has 3 fully saturated rings. The van der Waals surface area contributed by atoms with Crippen molar-refractivity contribution in [2.24, 2.45) is 22.7 Å². The first-order valence-corrected chi connectivity index (χ1v) is 9.10. The molecule has 3 aliphatic rings. The van der Waals surface area contributed by atoms with E-state index in [0.717, 1.165) is 18.3 Å². The lowest BCUT2D eigenvalue weighted by Gasteiger charge is -2.56. The van der Waals surface area contributed by atoms with Crippen molar-refractivity contribution < 1.29 is 4.79 Å². The molecule has 1 aromatic rings. The number of carbonyl (C=O) groups excluding carboxylic acids is 1. The number of rotatable bonds is 4. The third-order valence-electron chi connectivity index (χ3n) is 6.05. The Bertz CT molecular complexity index is 703. The third kappa shape index (κ3) is 2.27. The molecular formula is C19H26N4O. The smallest absolute Gasteiger partial charge is 0.243 e. The molecule has 2 heterocycles. The molecule has 1 aliphatic heterocycles. The topological polar surface area (TPSA) is 61.9 Å². The van der Waals surface area contributed by atoms with E-state index in [1.165, 1.54) is 12.8 Å². The van der Waals surface area contributed by atoms with Crippen LogP contribution in [-0.2, 0) is 11.3 Å². The van der Waals surface area contributed by atoms with Crippen molar-refractivity contribution in [2.45, 2.75) is 59.0 Å². The number of hydrogen-bond acceptors (Lipinski definition) is 3. The Morgan fingerprint density at radius 1 is 1.42 bits per heavy atom. The lowest BCUT2D eigenvalue weighted by molar-refractivity contribution is -0.167. The maximum atomic E-state index is 13.1. The molecule has 0 aromatic carbocycles. The van der Waals surface area contributed by atoms with Crippen LogP contribution in [0.5, 0.6) is 0 Å². The standard InChI is InChI=1S/C19H26N4O/c1-13-8-19(9-13,11-20)17(24)23-12-18(2,3)15(23)16-21-6-7-22(16)10-14-4-5-14/h6-7,13-15H,4-5,8-10,12H2,1-3H3. The Labute approximate surface area is 143 Å². The monoisotopic (exact) mass is 326 g/mol. The zero-order chi connectivity index (χ0) is 17.1. The SMILES string of the molecule is CC1CC(C#N)(C(=O)N2CC(C)(C)C2c2nccn2CC2CC2)C1. The van der Waals surface area contributed by atoms with Crippen molar-refractivity contribution in [3.63, 3.8) is 0 Å². The van der Waals surface area contributed by atoms with Gasteiger partial charge in [-0.2, -0.15) is 5.26 Å². The van der Waals surface area contributed by atoms with E-state index in [1.54, 1.807) is 0 Å². The molecule has 5 nitrogen and oxygen atoms in total. The molecule has 2 saturated carbocycles. The van der Waals surface area contributed by atoms with E-state index in [1.807, 2.05) is 17.3 Å². The van der Waals surface area contributed by atoms with Gasteiger partial charge in [-0.25, -0.2) is 4.98 Å². The minimum Gasteiger partial charge on any atom is -0.333 e.